The van der Waals surface area contributed by atoms with Crippen molar-refractivity contribution in [3.05, 3.63) is 48.2 Å². The monoisotopic (exact) mass is 330 g/mol. The van der Waals surface area contributed by atoms with Crippen LogP contribution in [-0.4, -0.2) is 40.7 Å². The summed E-state index contributed by atoms with van der Waals surface area (Å²) in [7, 11) is 0. The molecule has 2 aromatic rings. The number of aliphatic hydroxyl groups is 1. The first-order valence-corrected chi connectivity index (χ1v) is 7.91. The third kappa shape index (κ3) is 3.68. The number of hydrogen-bond donors (Lipinski definition) is 2. The van der Waals surface area contributed by atoms with Gasteiger partial charge >= 0.3 is 0 Å². The summed E-state index contributed by atoms with van der Waals surface area (Å²) in [6.07, 6.45) is 4.70. The second-order valence-corrected chi connectivity index (χ2v) is 5.81. The summed E-state index contributed by atoms with van der Waals surface area (Å²) in [4.78, 5) is 22.2. The molecule has 24 heavy (non-hydrogen) atoms. The molecule has 0 saturated carbocycles. The zero-order valence-corrected chi connectivity index (χ0v) is 13.2. The molecule has 3 heterocycles. The Morgan fingerprint density at radius 3 is 2.79 bits per heavy atom. The van der Waals surface area contributed by atoms with E-state index < -0.39 is 11.9 Å². The maximum atomic E-state index is 13.2. The van der Waals surface area contributed by atoms with Gasteiger partial charge in [-0.1, -0.05) is 0 Å². The van der Waals surface area contributed by atoms with Crippen LogP contribution in [0.1, 0.15) is 23.2 Å². The molecular formula is C17H19FN4O2. The highest BCUT2D eigenvalue weighted by atomic mass is 19.1. The van der Waals surface area contributed by atoms with Crippen LogP contribution in [0, 0.1) is 11.9 Å². The lowest BCUT2D eigenvalue weighted by atomic mass is 9.98. The van der Waals surface area contributed by atoms with E-state index in [2.05, 4.69) is 20.2 Å². The van der Waals surface area contributed by atoms with Gasteiger partial charge in [0.1, 0.15) is 0 Å². The molecule has 2 N–H and O–H groups in total. The molecule has 2 aromatic heterocycles. The SMILES string of the molecule is O=C(Nc1cccnc1N1CCC(CO)CC1)c1ccnc(F)c1. The van der Waals surface area contributed by atoms with E-state index in [1.54, 1.807) is 18.3 Å². The molecule has 1 aliphatic heterocycles. The minimum absolute atomic E-state index is 0.202. The van der Waals surface area contributed by atoms with Crippen molar-refractivity contribution in [3.8, 4) is 0 Å². The van der Waals surface area contributed by atoms with Crippen LogP contribution >= 0.6 is 0 Å². The summed E-state index contributed by atoms with van der Waals surface area (Å²) in [6, 6.07) is 6.07. The number of halogens is 1. The van der Waals surface area contributed by atoms with Gasteiger partial charge < -0.3 is 15.3 Å². The fourth-order valence-electron chi connectivity index (χ4n) is 2.81. The summed E-state index contributed by atoms with van der Waals surface area (Å²) in [5, 5.41) is 12.0. The lowest BCUT2D eigenvalue weighted by molar-refractivity contribution is 0.102. The number of rotatable bonds is 4. The molecular weight excluding hydrogens is 311 g/mol. The molecule has 0 aromatic carbocycles. The predicted molar refractivity (Wildman–Crippen MR) is 88.4 cm³/mol. The fraction of sp³-hybridized carbons (Fsp3) is 0.353. The first-order chi connectivity index (χ1) is 11.7. The summed E-state index contributed by atoms with van der Waals surface area (Å²) < 4.78 is 13.2. The van der Waals surface area contributed by atoms with Crippen molar-refractivity contribution in [3.63, 3.8) is 0 Å². The van der Waals surface area contributed by atoms with Crippen molar-refractivity contribution >= 4 is 17.4 Å². The van der Waals surface area contributed by atoms with Crippen LogP contribution in [0.25, 0.3) is 0 Å². The maximum absolute atomic E-state index is 13.2. The van der Waals surface area contributed by atoms with Gasteiger partial charge in [-0.05, 0) is 37.0 Å². The molecule has 0 radical (unpaired) electrons. The third-order valence-electron chi connectivity index (χ3n) is 4.20. The van der Waals surface area contributed by atoms with Gasteiger partial charge in [0, 0.05) is 43.7 Å². The second-order valence-electron chi connectivity index (χ2n) is 5.81. The summed E-state index contributed by atoms with van der Waals surface area (Å²) in [6.45, 7) is 1.75. The Hall–Kier alpha value is -2.54. The lowest BCUT2D eigenvalue weighted by Crippen LogP contribution is -2.35. The standard InChI is InChI=1S/C17H19FN4O2/c18-15-10-13(3-7-19-15)17(24)21-14-2-1-6-20-16(14)22-8-4-12(11-23)5-9-22/h1-3,6-7,10,12,23H,4-5,8-9,11H2,(H,21,24). The van der Waals surface area contributed by atoms with E-state index in [-0.39, 0.29) is 12.2 Å². The highest BCUT2D eigenvalue weighted by Crippen LogP contribution is 2.27. The van der Waals surface area contributed by atoms with Crippen LogP contribution < -0.4 is 10.2 Å². The number of piperidine rings is 1. The molecule has 0 aliphatic carbocycles. The Bertz CT molecular complexity index is 717. The van der Waals surface area contributed by atoms with Gasteiger partial charge in [-0.3, -0.25) is 4.79 Å². The van der Waals surface area contributed by atoms with E-state index in [1.807, 2.05) is 0 Å². The van der Waals surface area contributed by atoms with Crippen LogP contribution in [0.4, 0.5) is 15.9 Å². The summed E-state index contributed by atoms with van der Waals surface area (Å²) in [5.41, 5.74) is 0.790. The minimum atomic E-state index is -0.694. The van der Waals surface area contributed by atoms with Crippen LogP contribution in [0.2, 0.25) is 0 Å². The van der Waals surface area contributed by atoms with Gasteiger partial charge in [0.25, 0.3) is 5.91 Å². The summed E-state index contributed by atoms with van der Waals surface area (Å²) in [5.74, 6) is -0.0875. The number of anilines is 2. The number of aliphatic hydroxyl groups excluding tert-OH is 1. The molecule has 0 spiro atoms. The minimum Gasteiger partial charge on any atom is -0.396 e. The van der Waals surface area contributed by atoms with Gasteiger partial charge in [0.05, 0.1) is 5.69 Å². The Labute approximate surface area is 139 Å². The van der Waals surface area contributed by atoms with Gasteiger partial charge in [-0.15, -0.1) is 0 Å². The number of hydrogen-bond acceptors (Lipinski definition) is 5. The quantitative estimate of drug-likeness (QED) is 0.839. The number of carbonyl (C=O) groups excluding carboxylic acids is 1. The Kier molecular flexibility index (Phi) is 5.00. The van der Waals surface area contributed by atoms with E-state index in [0.29, 0.717) is 17.4 Å². The van der Waals surface area contributed by atoms with E-state index in [0.717, 1.165) is 32.0 Å². The largest absolute Gasteiger partial charge is 0.396 e. The van der Waals surface area contributed by atoms with E-state index in [1.165, 1.54) is 12.3 Å². The van der Waals surface area contributed by atoms with E-state index in [4.69, 9.17) is 0 Å². The highest BCUT2D eigenvalue weighted by Gasteiger charge is 2.22. The second kappa shape index (κ2) is 7.35. The first-order valence-electron chi connectivity index (χ1n) is 7.91. The van der Waals surface area contributed by atoms with Gasteiger partial charge in [-0.25, -0.2) is 9.97 Å². The van der Waals surface area contributed by atoms with Gasteiger partial charge in [-0.2, -0.15) is 4.39 Å². The van der Waals surface area contributed by atoms with Crippen molar-refractivity contribution < 1.29 is 14.3 Å². The van der Waals surface area contributed by atoms with Crippen LogP contribution in [0.15, 0.2) is 36.7 Å². The molecule has 0 bridgehead atoms. The average Bonchev–Trinajstić information content (AvgIpc) is 2.62. The highest BCUT2D eigenvalue weighted by molar-refractivity contribution is 6.05. The van der Waals surface area contributed by atoms with Crippen LogP contribution in [0.5, 0.6) is 0 Å². The lowest BCUT2D eigenvalue weighted by Gasteiger charge is -2.33. The van der Waals surface area contributed by atoms with Crippen molar-refractivity contribution in [2.24, 2.45) is 5.92 Å². The molecule has 1 aliphatic rings. The Morgan fingerprint density at radius 1 is 1.29 bits per heavy atom. The van der Waals surface area contributed by atoms with Gasteiger partial charge in [0.15, 0.2) is 5.82 Å². The smallest absolute Gasteiger partial charge is 0.255 e. The number of nitrogens with zero attached hydrogens (tertiary/aromatic N) is 3. The molecule has 6 nitrogen and oxygen atoms in total. The molecule has 3 rings (SSSR count). The molecule has 1 fully saturated rings. The zero-order chi connectivity index (χ0) is 16.9. The zero-order valence-electron chi connectivity index (χ0n) is 13.2. The van der Waals surface area contributed by atoms with E-state index in [9.17, 15) is 14.3 Å². The number of amides is 1. The van der Waals surface area contributed by atoms with Crippen LogP contribution in [0.3, 0.4) is 0 Å². The maximum Gasteiger partial charge on any atom is 0.255 e. The predicted octanol–water partition coefficient (Wildman–Crippen LogP) is 2.08. The normalized spacial score (nSPS) is 15.3. The molecule has 0 unspecified atom stereocenters. The number of pyridine rings is 2. The first kappa shape index (κ1) is 16.3. The van der Waals surface area contributed by atoms with Crippen molar-refractivity contribution in [2.75, 3.05) is 29.9 Å². The third-order valence-corrected chi connectivity index (χ3v) is 4.20. The molecule has 126 valence electrons. The molecule has 0 atom stereocenters. The number of aromatic nitrogens is 2. The number of carbonyl (C=O) groups is 1. The number of nitrogens with one attached hydrogen (secondary N) is 1. The van der Waals surface area contributed by atoms with Crippen LogP contribution in [-0.2, 0) is 0 Å². The summed E-state index contributed by atoms with van der Waals surface area (Å²) >= 11 is 0. The van der Waals surface area contributed by atoms with Crippen molar-refractivity contribution in [2.45, 2.75) is 12.8 Å². The fourth-order valence-corrected chi connectivity index (χ4v) is 2.81. The molecule has 1 amide bonds. The van der Waals surface area contributed by atoms with E-state index >= 15 is 0 Å². The van der Waals surface area contributed by atoms with Crippen molar-refractivity contribution in [1.29, 1.82) is 0 Å². The molecule has 1 saturated heterocycles. The average molecular weight is 330 g/mol. The topological polar surface area (TPSA) is 78.4 Å². The van der Waals surface area contributed by atoms with Crippen molar-refractivity contribution in [1.82, 2.24) is 9.97 Å². The Morgan fingerprint density at radius 2 is 2.08 bits per heavy atom. The Balaban J connectivity index is 1.76. The molecule has 7 heteroatoms. The van der Waals surface area contributed by atoms with Gasteiger partial charge in [0.2, 0.25) is 5.95 Å².